The van der Waals surface area contributed by atoms with Crippen LogP contribution in [0.3, 0.4) is 0 Å². The van der Waals surface area contributed by atoms with Crippen LogP contribution in [0.25, 0.3) is 0 Å². The number of benzene rings is 2. The Bertz CT molecular complexity index is 776. The summed E-state index contributed by atoms with van der Waals surface area (Å²) in [7, 11) is 1.65. The third kappa shape index (κ3) is 4.41. The Kier molecular flexibility index (Phi) is 5.99. The van der Waals surface area contributed by atoms with Gasteiger partial charge in [-0.25, -0.2) is 4.39 Å². The van der Waals surface area contributed by atoms with Gasteiger partial charge in [0.25, 0.3) is 0 Å². The third-order valence-electron chi connectivity index (χ3n) is 5.14. The highest BCUT2D eigenvalue weighted by molar-refractivity contribution is 5.82. The third-order valence-corrected chi connectivity index (χ3v) is 5.14. The molecule has 0 aliphatic carbocycles. The molecule has 0 radical (unpaired) electrons. The standard InChI is InChI=1S/C22H27FN2O2/c1-16(2)25(19-11-9-18(23)10-12-19)15-22(26)24-13-5-8-21(24)17-6-4-7-20(14-17)27-3/h4,6-7,9-12,14,16,21H,5,8,13,15H2,1-3H3. The molecule has 3 rings (SSSR count). The molecule has 1 unspecified atom stereocenters. The van der Waals surface area contributed by atoms with Gasteiger partial charge in [0.05, 0.1) is 19.7 Å². The molecule has 1 atom stereocenters. The van der Waals surface area contributed by atoms with Crippen LogP contribution in [0.2, 0.25) is 0 Å². The first kappa shape index (κ1) is 19.2. The zero-order valence-electron chi connectivity index (χ0n) is 16.2. The molecule has 4 nitrogen and oxygen atoms in total. The molecule has 0 aromatic heterocycles. The van der Waals surface area contributed by atoms with Crippen molar-refractivity contribution >= 4 is 11.6 Å². The van der Waals surface area contributed by atoms with Crippen molar-refractivity contribution in [3.05, 3.63) is 59.9 Å². The molecule has 1 fully saturated rings. The van der Waals surface area contributed by atoms with Crippen molar-refractivity contribution in [2.75, 3.05) is 25.1 Å². The van der Waals surface area contributed by atoms with Crippen LogP contribution in [0, 0.1) is 5.82 Å². The average Bonchev–Trinajstić information content (AvgIpc) is 3.16. The molecule has 0 spiro atoms. The molecule has 2 aromatic carbocycles. The fraction of sp³-hybridized carbons (Fsp3) is 0.409. The minimum absolute atomic E-state index is 0.0785. The summed E-state index contributed by atoms with van der Waals surface area (Å²) < 4.78 is 18.6. The number of nitrogens with zero attached hydrogens (tertiary/aromatic N) is 2. The normalized spacial score (nSPS) is 16.6. The van der Waals surface area contributed by atoms with Crippen LogP contribution in [-0.2, 0) is 4.79 Å². The molecule has 27 heavy (non-hydrogen) atoms. The topological polar surface area (TPSA) is 32.8 Å². The second-order valence-corrected chi connectivity index (χ2v) is 7.22. The van der Waals surface area contributed by atoms with Crippen LogP contribution >= 0.6 is 0 Å². The predicted octanol–water partition coefficient (Wildman–Crippen LogP) is 4.41. The average molecular weight is 370 g/mol. The first-order chi connectivity index (χ1) is 13.0. The Hall–Kier alpha value is -2.56. The summed E-state index contributed by atoms with van der Waals surface area (Å²) in [6.07, 6.45) is 1.95. The lowest BCUT2D eigenvalue weighted by Gasteiger charge is -2.32. The van der Waals surface area contributed by atoms with E-state index in [4.69, 9.17) is 4.74 Å². The summed E-state index contributed by atoms with van der Waals surface area (Å²) in [5.41, 5.74) is 1.97. The van der Waals surface area contributed by atoms with Gasteiger partial charge in [0, 0.05) is 18.3 Å². The number of carbonyl (C=O) groups excluding carboxylic acids is 1. The quantitative estimate of drug-likeness (QED) is 0.755. The zero-order chi connectivity index (χ0) is 19.4. The summed E-state index contributed by atoms with van der Waals surface area (Å²) in [5, 5.41) is 0. The maximum absolute atomic E-state index is 13.3. The van der Waals surface area contributed by atoms with Crippen molar-refractivity contribution < 1.29 is 13.9 Å². The summed E-state index contributed by atoms with van der Waals surface area (Å²) in [5.74, 6) is 0.631. The van der Waals surface area contributed by atoms with Crippen molar-refractivity contribution in [1.82, 2.24) is 4.90 Å². The van der Waals surface area contributed by atoms with E-state index in [1.807, 2.05) is 41.8 Å². The number of methoxy groups -OCH3 is 1. The Morgan fingerprint density at radius 2 is 2.00 bits per heavy atom. The number of ether oxygens (including phenoxy) is 1. The number of hydrogen-bond donors (Lipinski definition) is 0. The Balaban J connectivity index is 1.77. The molecule has 1 aliphatic heterocycles. The maximum Gasteiger partial charge on any atom is 0.242 e. The van der Waals surface area contributed by atoms with Crippen molar-refractivity contribution in [3.63, 3.8) is 0 Å². The van der Waals surface area contributed by atoms with Gasteiger partial charge in [-0.1, -0.05) is 12.1 Å². The molecule has 5 heteroatoms. The Morgan fingerprint density at radius 3 is 2.67 bits per heavy atom. The van der Waals surface area contributed by atoms with Crippen molar-refractivity contribution in [1.29, 1.82) is 0 Å². The largest absolute Gasteiger partial charge is 0.497 e. The molecule has 1 heterocycles. The number of anilines is 1. The smallest absolute Gasteiger partial charge is 0.242 e. The number of halogens is 1. The van der Waals surface area contributed by atoms with Crippen LogP contribution in [0.15, 0.2) is 48.5 Å². The molecular weight excluding hydrogens is 343 g/mol. The van der Waals surface area contributed by atoms with E-state index in [2.05, 4.69) is 6.07 Å². The first-order valence-electron chi connectivity index (χ1n) is 9.45. The van der Waals surface area contributed by atoms with Gasteiger partial charge >= 0.3 is 0 Å². The van der Waals surface area contributed by atoms with Gasteiger partial charge in [0.1, 0.15) is 11.6 Å². The molecule has 0 N–H and O–H groups in total. The monoisotopic (exact) mass is 370 g/mol. The van der Waals surface area contributed by atoms with E-state index in [0.29, 0.717) is 0 Å². The minimum atomic E-state index is -0.272. The Morgan fingerprint density at radius 1 is 1.26 bits per heavy atom. The number of amides is 1. The lowest BCUT2D eigenvalue weighted by Crippen LogP contribution is -2.43. The van der Waals surface area contributed by atoms with Crippen LogP contribution in [0.5, 0.6) is 5.75 Å². The maximum atomic E-state index is 13.3. The summed E-state index contributed by atoms with van der Waals surface area (Å²) >= 11 is 0. The van der Waals surface area contributed by atoms with Crippen LogP contribution in [-0.4, -0.2) is 37.0 Å². The molecule has 0 saturated carbocycles. The van der Waals surface area contributed by atoms with Crippen LogP contribution in [0.4, 0.5) is 10.1 Å². The highest BCUT2D eigenvalue weighted by atomic mass is 19.1. The van der Waals surface area contributed by atoms with Crippen molar-refractivity contribution in [3.8, 4) is 5.75 Å². The number of rotatable bonds is 6. The van der Waals surface area contributed by atoms with E-state index in [-0.39, 0.29) is 30.4 Å². The minimum Gasteiger partial charge on any atom is -0.497 e. The predicted molar refractivity (Wildman–Crippen MR) is 106 cm³/mol. The molecule has 1 amide bonds. The number of carbonyl (C=O) groups is 1. The Labute approximate surface area is 160 Å². The van der Waals surface area contributed by atoms with E-state index in [0.717, 1.165) is 36.4 Å². The van der Waals surface area contributed by atoms with Gasteiger partial charge in [-0.05, 0) is 68.7 Å². The SMILES string of the molecule is COc1cccc(C2CCCN2C(=O)CN(c2ccc(F)cc2)C(C)C)c1. The molecular formula is C22H27FN2O2. The highest BCUT2D eigenvalue weighted by Crippen LogP contribution is 2.34. The van der Waals surface area contributed by atoms with Gasteiger partial charge in [0.15, 0.2) is 0 Å². The van der Waals surface area contributed by atoms with E-state index >= 15 is 0 Å². The lowest BCUT2D eigenvalue weighted by atomic mass is 10.0. The van der Waals surface area contributed by atoms with E-state index in [1.165, 1.54) is 12.1 Å². The summed E-state index contributed by atoms with van der Waals surface area (Å²) in [4.78, 5) is 17.1. The zero-order valence-corrected chi connectivity index (χ0v) is 16.2. The number of hydrogen-bond acceptors (Lipinski definition) is 3. The molecule has 2 aromatic rings. The fourth-order valence-electron chi connectivity index (χ4n) is 3.70. The van der Waals surface area contributed by atoms with Crippen LogP contribution < -0.4 is 9.64 Å². The molecule has 0 bridgehead atoms. The van der Waals surface area contributed by atoms with E-state index in [9.17, 15) is 9.18 Å². The van der Waals surface area contributed by atoms with Gasteiger partial charge in [-0.3, -0.25) is 4.79 Å². The van der Waals surface area contributed by atoms with E-state index < -0.39 is 0 Å². The first-order valence-corrected chi connectivity index (χ1v) is 9.45. The molecule has 1 saturated heterocycles. The number of likely N-dealkylation sites (tertiary alicyclic amines) is 1. The lowest BCUT2D eigenvalue weighted by molar-refractivity contribution is -0.130. The van der Waals surface area contributed by atoms with Gasteiger partial charge in [-0.2, -0.15) is 0 Å². The van der Waals surface area contributed by atoms with Crippen molar-refractivity contribution in [2.45, 2.75) is 38.8 Å². The molecule has 144 valence electrons. The highest BCUT2D eigenvalue weighted by Gasteiger charge is 2.31. The van der Waals surface area contributed by atoms with Gasteiger partial charge < -0.3 is 14.5 Å². The second kappa shape index (κ2) is 8.42. The molecule has 1 aliphatic rings. The van der Waals surface area contributed by atoms with Crippen molar-refractivity contribution in [2.24, 2.45) is 0 Å². The van der Waals surface area contributed by atoms with Gasteiger partial charge in [-0.15, -0.1) is 0 Å². The second-order valence-electron chi connectivity index (χ2n) is 7.22. The summed E-state index contributed by atoms with van der Waals surface area (Å²) in [6, 6.07) is 14.5. The van der Waals surface area contributed by atoms with Gasteiger partial charge in [0.2, 0.25) is 5.91 Å². The van der Waals surface area contributed by atoms with E-state index in [1.54, 1.807) is 19.2 Å². The van der Waals surface area contributed by atoms with Crippen LogP contribution in [0.1, 0.15) is 38.3 Å². The summed E-state index contributed by atoms with van der Waals surface area (Å²) in [6.45, 7) is 5.13. The fourth-order valence-corrected chi connectivity index (χ4v) is 3.70.